The summed E-state index contributed by atoms with van der Waals surface area (Å²) in [5.41, 5.74) is 1.29. The van der Waals surface area contributed by atoms with Crippen LogP contribution in [0.3, 0.4) is 0 Å². The fourth-order valence-corrected chi connectivity index (χ4v) is 3.98. The predicted octanol–water partition coefficient (Wildman–Crippen LogP) is 3.29. The highest BCUT2D eigenvalue weighted by Gasteiger charge is 2.27. The first-order valence-electron chi connectivity index (χ1n) is 9.50. The van der Waals surface area contributed by atoms with Gasteiger partial charge in [0, 0.05) is 43.1 Å². The van der Waals surface area contributed by atoms with Gasteiger partial charge in [0.1, 0.15) is 23.6 Å². The van der Waals surface area contributed by atoms with E-state index in [-0.39, 0.29) is 18.5 Å². The highest BCUT2D eigenvalue weighted by molar-refractivity contribution is 6.30. The lowest BCUT2D eigenvalue weighted by Crippen LogP contribution is -2.50. The van der Waals surface area contributed by atoms with E-state index < -0.39 is 5.82 Å². The Morgan fingerprint density at radius 2 is 2.28 bits per heavy atom. The van der Waals surface area contributed by atoms with Crippen LogP contribution in [0.15, 0.2) is 36.8 Å². The Labute approximate surface area is 172 Å². The number of aromatic nitrogens is 3. The van der Waals surface area contributed by atoms with Crippen LogP contribution in [-0.4, -0.2) is 58.5 Å². The fraction of sp³-hybridized carbons (Fsp3) is 0.350. The summed E-state index contributed by atoms with van der Waals surface area (Å²) >= 11 is 5.87. The second-order valence-corrected chi connectivity index (χ2v) is 7.63. The van der Waals surface area contributed by atoms with Crippen LogP contribution in [0.2, 0.25) is 5.02 Å². The fourth-order valence-electron chi connectivity index (χ4n) is 3.76. The number of hydrogen-bond donors (Lipinski definition) is 2. The minimum atomic E-state index is -0.437. The Balaban J connectivity index is 1.41. The van der Waals surface area contributed by atoms with Gasteiger partial charge in [0.2, 0.25) is 5.91 Å². The molecular weight excluding hydrogens is 395 g/mol. The lowest BCUT2D eigenvalue weighted by Gasteiger charge is -2.38. The molecule has 1 aliphatic rings. The van der Waals surface area contributed by atoms with Crippen LogP contribution < -0.4 is 10.2 Å². The molecule has 0 radical (unpaired) electrons. The summed E-state index contributed by atoms with van der Waals surface area (Å²) in [6.45, 7) is 1.40. The molecule has 2 N–H and O–H groups in total. The number of carbonyl (C=O) groups is 1. The SMILES string of the molecule is CN(c1ncnc2[nH]ccc12)[C@@H]1CCCN(C(=O)CNc2cc(F)cc(Cl)c2)C1. The maximum atomic E-state index is 13.5. The van der Waals surface area contributed by atoms with Gasteiger partial charge in [-0.05, 0) is 37.1 Å². The number of piperidine rings is 1. The first-order chi connectivity index (χ1) is 14.0. The van der Waals surface area contributed by atoms with Crippen molar-refractivity contribution in [2.75, 3.05) is 36.9 Å². The molecule has 3 aromatic rings. The number of carbonyl (C=O) groups excluding carboxylic acids is 1. The van der Waals surface area contributed by atoms with Crippen LogP contribution in [0, 0.1) is 5.82 Å². The van der Waals surface area contributed by atoms with Crippen LogP contribution in [0.4, 0.5) is 15.9 Å². The maximum Gasteiger partial charge on any atom is 0.241 e. The molecule has 1 aliphatic heterocycles. The van der Waals surface area contributed by atoms with Crippen molar-refractivity contribution < 1.29 is 9.18 Å². The van der Waals surface area contributed by atoms with Crippen molar-refractivity contribution >= 4 is 40.0 Å². The third-order valence-electron chi connectivity index (χ3n) is 5.27. The van der Waals surface area contributed by atoms with Gasteiger partial charge in [-0.3, -0.25) is 4.79 Å². The number of halogens is 2. The van der Waals surface area contributed by atoms with Crippen molar-refractivity contribution in [2.24, 2.45) is 0 Å². The van der Waals surface area contributed by atoms with E-state index in [0.29, 0.717) is 23.8 Å². The van der Waals surface area contributed by atoms with Gasteiger partial charge in [0.25, 0.3) is 0 Å². The molecule has 1 fully saturated rings. The molecule has 1 aromatic carbocycles. The Hall–Kier alpha value is -2.87. The summed E-state index contributed by atoms with van der Waals surface area (Å²) in [4.78, 5) is 28.4. The second kappa shape index (κ2) is 8.24. The molecule has 2 aromatic heterocycles. The molecule has 7 nitrogen and oxygen atoms in total. The minimum absolute atomic E-state index is 0.0297. The summed E-state index contributed by atoms with van der Waals surface area (Å²) in [5.74, 6) is 0.383. The van der Waals surface area contributed by atoms with Gasteiger partial charge in [-0.15, -0.1) is 0 Å². The second-order valence-electron chi connectivity index (χ2n) is 7.20. The molecule has 0 saturated carbocycles. The number of benzene rings is 1. The topological polar surface area (TPSA) is 77.2 Å². The Morgan fingerprint density at radius 1 is 1.41 bits per heavy atom. The van der Waals surface area contributed by atoms with E-state index in [1.54, 1.807) is 12.4 Å². The van der Waals surface area contributed by atoms with Crippen LogP contribution in [0.5, 0.6) is 0 Å². The van der Waals surface area contributed by atoms with Crippen molar-refractivity contribution in [1.29, 1.82) is 0 Å². The molecule has 1 saturated heterocycles. The Kier molecular flexibility index (Phi) is 5.53. The number of likely N-dealkylation sites (N-methyl/N-ethyl adjacent to an activating group) is 1. The number of fused-ring (bicyclic) bond motifs is 1. The minimum Gasteiger partial charge on any atom is -0.376 e. The molecule has 0 spiro atoms. The van der Waals surface area contributed by atoms with Crippen molar-refractivity contribution in [1.82, 2.24) is 19.9 Å². The van der Waals surface area contributed by atoms with Gasteiger partial charge in [0.05, 0.1) is 11.9 Å². The lowest BCUT2D eigenvalue weighted by atomic mass is 10.0. The number of H-pyrrole nitrogens is 1. The standard InChI is InChI=1S/C20H22ClFN6O/c1-27(20-17-4-5-23-19(17)25-12-26-20)16-3-2-6-28(11-16)18(29)10-24-15-8-13(21)7-14(22)9-15/h4-5,7-9,12,16,24H,2-3,6,10-11H2,1H3,(H,23,25,26)/t16-/m1/s1. The molecule has 29 heavy (non-hydrogen) atoms. The van der Waals surface area contributed by atoms with Crippen LogP contribution in [0.1, 0.15) is 12.8 Å². The first-order valence-corrected chi connectivity index (χ1v) is 9.88. The zero-order chi connectivity index (χ0) is 20.4. The Morgan fingerprint density at radius 3 is 3.10 bits per heavy atom. The number of likely N-dealkylation sites (tertiary alicyclic amines) is 1. The summed E-state index contributed by atoms with van der Waals surface area (Å²) in [7, 11) is 2.00. The van der Waals surface area contributed by atoms with Crippen LogP contribution in [-0.2, 0) is 4.79 Å². The summed E-state index contributed by atoms with van der Waals surface area (Å²) in [5, 5.41) is 4.22. The maximum absolute atomic E-state index is 13.5. The third-order valence-corrected chi connectivity index (χ3v) is 5.49. The monoisotopic (exact) mass is 416 g/mol. The van der Waals surface area contributed by atoms with Gasteiger partial charge >= 0.3 is 0 Å². The van der Waals surface area contributed by atoms with E-state index in [2.05, 4.69) is 25.2 Å². The van der Waals surface area contributed by atoms with Crippen molar-refractivity contribution in [2.45, 2.75) is 18.9 Å². The summed E-state index contributed by atoms with van der Waals surface area (Å²) in [6.07, 6.45) is 5.28. The van der Waals surface area contributed by atoms with Gasteiger partial charge in [-0.1, -0.05) is 11.6 Å². The number of nitrogens with one attached hydrogen (secondary N) is 2. The molecule has 1 atom stereocenters. The average Bonchev–Trinajstić information content (AvgIpc) is 3.20. The predicted molar refractivity (Wildman–Crippen MR) is 112 cm³/mol. The Bertz CT molecular complexity index is 1000. The molecule has 0 bridgehead atoms. The van der Waals surface area contributed by atoms with E-state index in [0.717, 1.165) is 29.7 Å². The van der Waals surface area contributed by atoms with E-state index >= 15 is 0 Å². The van der Waals surface area contributed by atoms with E-state index in [1.165, 1.54) is 12.1 Å². The molecule has 3 heterocycles. The van der Waals surface area contributed by atoms with Crippen molar-refractivity contribution in [3.8, 4) is 0 Å². The van der Waals surface area contributed by atoms with Crippen molar-refractivity contribution in [3.63, 3.8) is 0 Å². The normalized spacial score (nSPS) is 16.8. The van der Waals surface area contributed by atoms with Gasteiger partial charge in [-0.25, -0.2) is 14.4 Å². The third kappa shape index (κ3) is 4.27. The zero-order valence-corrected chi connectivity index (χ0v) is 16.8. The van der Waals surface area contributed by atoms with Crippen LogP contribution in [0.25, 0.3) is 11.0 Å². The van der Waals surface area contributed by atoms with Gasteiger partial charge < -0.3 is 20.1 Å². The average molecular weight is 417 g/mol. The zero-order valence-electron chi connectivity index (χ0n) is 16.0. The van der Waals surface area contributed by atoms with Gasteiger partial charge in [0.15, 0.2) is 0 Å². The number of hydrogen-bond acceptors (Lipinski definition) is 5. The lowest BCUT2D eigenvalue weighted by molar-refractivity contribution is -0.130. The smallest absolute Gasteiger partial charge is 0.241 e. The molecule has 152 valence electrons. The largest absolute Gasteiger partial charge is 0.376 e. The number of anilines is 2. The highest BCUT2D eigenvalue weighted by Crippen LogP contribution is 2.26. The number of aromatic amines is 1. The summed E-state index contributed by atoms with van der Waals surface area (Å²) in [6, 6.07) is 6.27. The molecule has 0 unspecified atom stereocenters. The van der Waals surface area contributed by atoms with Crippen molar-refractivity contribution in [3.05, 3.63) is 47.6 Å². The van der Waals surface area contributed by atoms with Crippen LogP contribution >= 0.6 is 11.6 Å². The first kappa shape index (κ1) is 19.4. The van der Waals surface area contributed by atoms with Gasteiger partial charge in [-0.2, -0.15) is 0 Å². The summed E-state index contributed by atoms with van der Waals surface area (Å²) < 4.78 is 13.5. The molecule has 4 rings (SSSR count). The van der Waals surface area contributed by atoms with E-state index in [1.807, 2.05) is 24.2 Å². The molecular formula is C20H22ClFN6O. The highest BCUT2D eigenvalue weighted by atomic mass is 35.5. The van der Waals surface area contributed by atoms with E-state index in [9.17, 15) is 9.18 Å². The quantitative estimate of drug-likeness (QED) is 0.667. The van der Waals surface area contributed by atoms with E-state index in [4.69, 9.17) is 11.6 Å². The number of nitrogens with zero attached hydrogens (tertiary/aromatic N) is 4. The number of rotatable bonds is 5. The molecule has 0 aliphatic carbocycles. The number of amides is 1. The molecule has 1 amide bonds. The molecule has 9 heteroatoms.